The number of hydrogen-bond donors (Lipinski definition) is 1. The molecule has 0 spiro atoms. The predicted octanol–water partition coefficient (Wildman–Crippen LogP) is 4.47. The number of hydrogen-bond acceptors (Lipinski definition) is 1. The summed E-state index contributed by atoms with van der Waals surface area (Å²) >= 11 is 0. The normalized spacial score (nSPS) is 24.0. The van der Waals surface area contributed by atoms with Crippen LogP contribution in [-0.4, -0.2) is 11.7 Å². The lowest BCUT2D eigenvalue weighted by atomic mass is 9.73. The van der Waals surface area contributed by atoms with Crippen molar-refractivity contribution in [1.29, 1.82) is 0 Å². The quantitative estimate of drug-likeness (QED) is 0.795. The van der Waals surface area contributed by atoms with Gasteiger partial charge in [-0.3, -0.25) is 0 Å². The van der Waals surface area contributed by atoms with Gasteiger partial charge in [0.2, 0.25) is 0 Å². The third kappa shape index (κ3) is 4.00. The van der Waals surface area contributed by atoms with Crippen LogP contribution in [0.5, 0.6) is 0 Å². The summed E-state index contributed by atoms with van der Waals surface area (Å²) in [6.07, 6.45) is 5.61. The van der Waals surface area contributed by atoms with E-state index >= 15 is 0 Å². The first-order valence-electron chi connectivity index (χ1n) is 7.79. The molecule has 1 atom stereocenters. The van der Waals surface area contributed by atoms with Crippen LogP contribution in [0.15, 0.2) is 12.1 Å². The van der Waals surface area contributed by atoms with E-state index in [1.165, 1.54) is 6.42 Å². The lowest BCUT2D eigenvalue weighted by Gasteiger charge is -2.33. The van der Waals surface area contributed by atoms with Crippen LogP contribution in [0, 0.1) is 35.2 Å². The van der Waals surface area contributed by atoms with E-state index in [1.54, 1.807) is 0 Å². The maximum atomic E-state index is 13.7. The van der Waals surface area contributed by atoms with Crippen molar-refractivity contribution in [1.82, 2.24) is 0 Å². The highest BCUT2D eigenvalue weighted by atomic mass is 19.2. The van der Waals surface area contributed by atoms with E-state index in [0.717, 1.165) is 37.7 Å². The molecule has 1 nitrogen and oxygen atoms in total. The molecule has 0 heterocycles. The van der Waals surface area contributed by atoms with Crippen molar-refractivity contribution < 1.29 is 18.3 Å². The molecular formula is C17H23F3O. The van der Waals surface area contributed by atoms with E-state index in [2.05, 4.69) is 6.92 Å². The molecule has 0 aliphatic heterocycles. The second kappa shape index (κ2) is 7.30. The van der Waals surface area contributed by atoms with Crippen molar-refractivity contribution in [3.8, 4) is 0 Å². The van der Waals surface area contributed by atoms with Crippen molar-refractivity contribution in [3.05, 3.63) is 35.1 Å². The molecule has 1 saturated carbocycles. The zero-order valence-electron chi connectivity index (χ0n) is 12.4. The minimum Gasteiger partial charge on any atom is -0.396 e. The zero-order chi connectivity index (χ0) is 15.4. The Morgan fingerprint density at radius 1 is 1.14 bits per heavy atom. The molecule has 2 rings (SSSR count). The van der Waals surface area contributed by atoms with Crippen LogP contribution >= 0.6 is 0 Å². The standard InChI is InChI=1S/C17H23F3O/c1-2-11-3-5-12(6-4-11)14(10-21)7-13-8-15(18)9-16(19)17(13)20/h8-9,11-12,14,21H,2-7,10H2,1H3. The molecule has 1 aliphatic rings. The van der Waals surface area contributed by atoms with Crippen molar-refractivity contribution >= 4 is 0 Å². The maximum absolute atomic E-state index is 13.7. The van der Waals surface area contributed by atoms with Gasteiger partial charge in [0.1, 0.15) is 5.82 Å². The monoisotopic (exact) mass is 300 g/mol. The lowest BCUT2D eigenvalue weighted by molar-refractivity contribution is 0.129. The fourth-order valence-corrected chi connectivity index (χ4v) is 3.49. The zero-order valence-corrected chi connectivity index (χ0v) is 12.4. The molecular weight excluding hydrogens is 277 g/mol. The number of benzene rings is 1. The first-order chi connectivity index (χ1) is 10.0. The minimum atomic E-state index is -1.16. The van der Waals surface area contributed by atoms with Gasteiger partial charge in [0.05, 0.1) is 0 Å². The number of aliphatic hydroxyl groups excluding tert-OH is 1. The molecule has 21 heavy (non-hydrogen) atoms. The van der Waals surface area contributed by atoms with Crippen molar-refractivity contribution in [2.75, 3.05) is 6.61 Å². The van der Waals surface area contributed by atoms with Gasteiger partial charge in [-0.1, -0.05) is 26.2 Å². The summed E-state index contributed by atoms with van der Waals surface area (Å²) in [6.45, 7) is 2.11. The third-order valence-electron chi connectivity index (χ3n) is 4.92. The molecule has 4 heteroatoms. The summed E-state index contributed by atoms with van der Waals surface area (Å²) in [5.41, 5.74) is 0.0316. The van der Waals surface area contributed by atoms with Crippen molar-refractivity contribution in [2.24, 2.45) is 17.8 Å². The van der Waals surface area contributed by atoms with Gasteiger partial charge in [-0.15, -0.1) is 0 Å². The number of rotatable bonds is 5. The van der Waals surface area contributed by atoms with Crippen LogP contribution in [0.4, 0.5) is 13.2 Å². The summed E-state index contributed by atoms with van der Waals surface area (Å²) in [5, 5.41) is 9.58. The van der Waals surface area contributed by atoms with Gasteiger partial charge in [0.25, 0.3) is 0 Å². The van der Waals surface area contributed by atoms with Gasteiger partial charge in [0, 0.05) is 12.7 Å². The maximum Gasteiger partial charge on any atom is 0.162 e. The molecule has 0 bridgehead atoms. The second-order valence-corrected chi connectivity index (χ2v) is 6.20. The van der Waals surface area contributed by atoms with E-state index in [9.17, 15) is 18.3 Å². The molecule has 118 valence electrons. The number of aliphatic hydroxyl groups is 1. The molecule has 1 aliphatic carbocycles. The van der Waals surface area contributed by atoms with Gasteiger partial charge >= 0.3 is 0 Å². The topological polar surface area (TPSA) is 20.2 Å². The van der Waals surface area contributed by atoms with Gasteiger partial charge in [-0.2, -0.15) is 0 Å². The highest BCUT2D eigenvalue weighted by Crippen LogP contribution is 2.36. The largest absolute Gasteiger partial charge is 0.396 e. The predicted molar refractivity (Wildman–Crippen MR) is 76.3 cm³/mol. The Bertz CT molecular complexity index is 467. The number of halogens is 3. The van der Waals surface area contributed by atoms with E-state index < -0.39 is 17.5 Å². The Labute approximate surface area is 124 Å². The molecule has 1 unspecified atom stereocenters. The van der Waals surface area contributed by atoms with Crippen LogP contribution in [0.2, 0.25) is 0 Å². The molecule has 0 amide bonds. The van der Waals surface area contributed by atoms with Crippen LogP contribution < -0.4 is 0 Å². The molecule has 1 N–H and O–H groups in total. The fourth-order valence-electron chi connectivity index (χ4n) is 3.49. The minimum absolute atomic E-state index is 0.0316. The Morgan fingerprint density at radius 2 is 1.81 bits per heavy atom. The van der Waals surface area contributed by atoms with Gasteiger partial charge < -0.3 is 5.11 Å². The summed E-state index contributed by atoms with van der Waals surface area (Å²) in [7, 11) is 0. The van der Waals surface area contributed by atoms with Crippen molar-refractivity contribution in [2.45, 2.75) is 45.4 Å². The molecule has 1 fully saturated rings. The Hall–Kier alpha value is -1.03. The highest BCUT2D eigenvalue weighted by molar-refractivity contribution is 5.21. The van der Waals surface area contributed by atoms with Gasteiger partial charge in [0.15, 0.2) is 11.6 Å². The molecule has 1 aromatic carbocycles. The van der Waals surface area contributed by atoms with Gasteiger partial charge in [-0.25, -0.2) is 13.2 Å². The molecule has 0 aromatic heterocycles. The highest BCUT2D eigenvalue weighted by Gasteiger charge is 2.28. The Balaban J connectivity index is 2.06. The first kappa shape index (κ1) is 16.3. The van der Waals surface area contributed by atoms with E-state index in [1.807, 2.05) is 0 Å². The van der Waals surface area contributed by atoms with Crippen molar-refractivity contribution in [3.63, 3.8) is 0 Å². The summed E-state index contributed by atoms with van der Waals surface area (Å²) < 4.78 is 40.2. The van der Waals surface area contributed by atoms with E-state index in [-0.39, 0.29) is 24.5 Å². The van der Waals surface area contributed by atoms with Crippen LogP contribution in [0.1, 0.15) is 44.6 Å². The molecule has 1 aromatic rings. The SMILES string of the molecule is CCC1CCC(C(CO)Cc2cc(F)cc(F)c2F)CC1. The average molecular weight is 300 g/mol. The average Bonchev–Trinajstić information content (AvgIpc) is 2.49. The second-order valence-electron chi connectivity index (χ2n) is 6.20. The first-order valence-corrected chi connectivity index (χ1v) is 7.79. The summed E-state index contributed by atoms with van der Waals surface area (Å²) in [6, 6.07) is 1.60. The fraction of sp³-hybridized carbons (Fsp3) is 0.647. The van der Waals surface area contributed by atoms with E-state index in [0.29, 0.717) is 12.0 Å². The lowest BCUT2D eigenvalue weighted by Crippen LogP contribution is -2.26. The van der Waals surface area contributed by atoms with Crippen LogP contribution in [0.3, 0.4) is 0 Å². The Morgan fingerprint density at radius 3 is 2.38 bits per heavy atom. The van der Waals surface area contributed by atoms with Crippen LogP contribution in [-0.2, 0) is 6.42 Å². The van der Waals surface area contributed by atoms with Crippen LogP contribution in [0.25, 0.3) is 0 Å². The molecule has 0 saturated heterocycles. The smallest absolute Gasteiger partial charge is 0.162 e. The summed E-state index contributed by atoms with van der Waals surface area (Å²) in [5.74, 6) is -1.99. The Kier molecular flexibility index (Phi) is 5.68. The van der Waals surface area contributed by atoms with E-state index in [4.69, 9.17) is 0 Å². The third-order valence-corrected chi connectivity index (χ3v) is 4.92. The summed E-state index contributed by atoms with van der Waals surface area (Å²) in [4.78, 5) is 0. The molecule has 0 radical (unpaired) electrons. The van der Waals surface area contributed by atoms with Gasteiger partial charge in [-0.05, 0) is 48.6 Å².